The number of piperazine rings is 1. The van der Waals surface area contributed by atoms with Gasteiger partial charge in [-0.3, -0.25) is 4.79 Å². The molecule has 2 aliphatic rings. The van der Waals surface area contributed by atoms with Crippen molar-refractivity contribution in [1.29, 1.82) is 0 Å². The molecule has 6 heteroatoms. The first-order valence-electron chi connectivity index (χ1n) is 5.47. The molecule has 88 valence electrons. The van der Waals surface area contributed by atoms with Gasteiger partial charge in [-0.05, 0) is 23.7 Å². The summed E-state index contributed by atoms with van der Waals surface area (Å²) in [5.74, 6) is 0.119. The van der Waals surface area contributed by atoms with Crippen molar-refractivity contribution in [2.24, 2.45) is 0 Å². The summed E-state index contributed by atoms with van der Waals surface area (Å²) in [6.07, 6.45) is 3.59. The van der Waals surface area contributed by atoms with Crippen molar-refractivity contribution in [2.45, 2.75) is 5.92 Å². The maximum Gasteiger partial charge on any atom is 0.267 e. The highest BCUT2D eigenvalue weighted by Crippen LogP contribution is 2.28. The Hall–Kier alpha value is -1.62. The van der Waals surface area contributed by atoms with Crippen molar-refractivity contribution in [3.8, 4) is 0 Å². The zero-order valence-corrected chi connectivity index (χ0v) is 9.81. The number of nitrogens with zero attached hydrogens (tertiary/aromatic N) is 3. The van der Waals surface area contributed by atoms with E-state index in [1.165, 1.54) is 0 Å². The largest absolute Gasteiger partial charge is 0.365 e. The van der Waals surface area contributed by atoms with Crippen molar-refractivity contribution in [1.82, 2.24) is 20.2 Å². The van der Waals surface area contributed by atoms with E-state index in [0.29, 0.717) is 6.54 Å². The van der Waals surface area contributed by atoms with E-state index in [0.717, 1.165) is 24.5 Å². The summed E-state index contributed by atoms with van der Waals surface area (Å²) in [5.41, 5.74) is 1.61. The fraction of sp³-hybridized carbons (Fsp3) is 0.364. The van der Waals surface area contributed by atoms with Gasteiger partial charge in [-0.1, -0.05) is 0 Å². The molecule has 17 heavy (non-hydrogen) atoms. The Morgan fingerprint density at radius 3 is 3.18 bits per heavy atom. The summed E-state index contributed by atoms with van der Waals surface area (Å²) in [6, 6.07) is 1.84. The van der Waals surface area contributed by atoms with Gasteiger partial charge in [-0.25, -0.2) is 9.97 Å². The minimum Gasteiger partial charge on any atom is -0.365 e. The van der Waals surface area contributed by atoms with Crippen LogP contribution in [-0.2, 0) is 4.79 Å². The van der Waals surface area contributed by atoms with E-state index < -0.39 is 0 Å². The maximum atomic E-state index is 11.6. The SMILES string of the molecule is O=C1NCCN2CC(c3ccnc(Cl)n3)C=C12. The lowest BCUT2D eigenvalue weighted by Crippen LogP contribution is -2.44. The zero-order valence-electron chi connectivity index (χ0n) is 9.06. The second-order valence-electron chi connectivity index (χ2n) is 4.11. The van der Waals surface area contributed by atoms with Crippen LogP contribution >= 0.6 is 11.6 Å². The van der Waals surface area contributed by atoms with Gasteiger partial charge in [0.05, 0.1) is 11.4 Å². The van der Waals surface area contributed by atoms with Crippen molar-refractivity contribution < 1.29 is 4.79 Å². The van der Waals surface area contributed by atoms with Gasteiger partial charge in [0.15, 0.2) is 0 Å². The van der Waals surface area contributed by atoms with Crippen LogP contribution in [0.5, 0.6) is 0 Å². The highest BCUT2D eigenvalue weighted by molar-refractivity contribution is 6.28. The zero-order chi connectivity index (χ0) is 11.8. The van der Waals surface area contributed by atoms with Gasteiger partial charge in [0.1, 0.15) is 0 Å². The van der Waals surface area contributed by atoms with Gasteiger partial charge in [0.25, 0.3) is 5.91 Å². The van der Waals surface area contributed by atoms with Crippen LogP contribution in [0, 0.1) is 0 Å². The first-order chi connectivity index (χ1) is 8.24. The molecular weight excluding hydrogens is 240 g/mol. The number of carbonyl (C=O) groups is 1. The van der Waals surface area contributed by atoms with Gasteiger partial charge >= 0.3 is 0 Å². The Labute approximate surface area is 103 Å². The number of aromatic nitrogens is 2. The van der Waals surface area contributed by atoms with E-state index in [9.17, 15) is 4.79 Å². The van der Waals surface area contributed by atoms with E-state index in [2.05, 4.69) is 20.2 Å². The fourth-order valence-electron chi connectivity index (χ4n) is 2.24. The number of nitrogens with one attached hydrogen (secondary N) is 1. The molecule has 1 aromatic heterocycles. The number of hydrogen-bond acceptors (Lipinski definition) is 4. The minimum absolute atomic E-state index is 0.00102. The van der Waals surface area contributed by atoms with E-state index in [1.807, 2.05) is 12.1 Å². The first-order valence-corrected chi connectivity index (χ1v) is 5.85. The van der Waals surface area contributed by atoms with Crippen molar-refractivity contribution in [3.05, 3.63) is 35.0 Å². The highest BCUT2D eigenvalue weighted by atomic mass is 35.5. The summed E-state index contributed by atoms with van der Waals surface area (Å²) < 4.78 is 0. The summed E-state index contributed by atoms with van der Waals surface area (Å²) in [4.78, 5) is 21.8. The Bertz CT molecular complexity index is 502. The predicted octanol–water partition coefficient (Wildman–Crippen LogP) is 0.543. The standard InChI is InChI=1S/C11H11ClN4O/c12-11-14-2-1-8(15-11)7-5-9-10(17)13-3-4-16(9)6-7/h1-2,5,7H,3-4,6H2,(H,13,17). The highest BCUT2D eigenvalue weighted by Gasteiger charge is 2.31. The lowest BCUT2D eigenvalue weighted by molar-refractivity contribution is -0.120. The van der Waals surface area contributed by atoms with E-state index in [1.54, 1.807) is 6.20 Å². The third-order valence-electron chi connectivity index (χ3n) is 3.04. The number of carbonyl (C=O) groups excluding carboxylic acids is 1. The van der Waals surface area contributed by atoms with Crippen molar-refractivity contribution in [2.75, 3.05) is 19.6 Å². The Balaban J connectivity index is 1.90. The molecule has 0 bridgehead atoms. The monoisotopic (exact) mass is 250 g/mol. The summed E-state index contributed by atoms with van der Waals surface area (Å²) in [7, 11) is 0. The van der Waals surface area contributed by atoms with Crippen LogP contribution in [0.2, 0.25) is 5.28 Å². The molecule has 0 spiro atoms. The number of hydrogen-bond donors (Lipinski definition) is 1. The molecule has 1 atom stereocenters. The number of rotatable bonds is 1. The van der Waals surface area contributed by atoms with Crippen molar-refractivity contribution in [3.63, 3.8) is 0 Å². The van der Waals surface area contributed by atoms with Gasteiger partial charge in [-0.2, -0.15) is 0 Å². The molecule has 1 N–H and O–H groups in total. The average Bonchev–Trinajstić information content (AvgIpc) is 2.74. The number of amides is 1. The lowest BCUT2D eigenvalue weighted by Gasteiger charge is -2.27. The molecule has 3 heterocycles. The van der Waals surface area contributed by atoms with Gasteiger partial charge in [-0.15, -0.1) is 0 Å². The molecule has 3 rings (SSSR count). The van der Waals surface area contributed by atoms with Crippen LogP contribution in [0.4, 0.5) is 0 Å². The average molecular weight is 251 g/mol. The van der Waals surface area contributed by atoms with Crippen LogP contribution < -0.4 is 5.32 Å². The molecule has 0 radical (unpaired) electrons. The molecule has 2 aliphatic heterocycles. The fourth-order valence-corrected chi connectivity index (χ4v) is 2.40. The van der Waals surface area contributed by atoms with Crippen LogP contribution in [-0.4, -0.2) is 40.4 Å². The molecule has 0 aliphatic carbocycles. The van der Waals surface area contributed by atoms with E-state index in [-0.39, 0.29) is 17.1 Å². The topological polar surface area (TPSA) is 58.1 Å². The van der Waals surface area contributed by atoms with Gasteiger partial charge < -0.3 is 10.2 Å². The Kier molecular flexibility index (Phi) is 2.48. The van der Waals surface area contributed by atoms with Crippen LogP contribution in [0.25, 0.3) is 0 Å². The van der Waals surface area contributed by atoms with Crippen LogP contribution in [0.1, 0.15) is 11.6 Å². The Morgan fingerprint density at radius 1 is 1.53 bits per heavy atom. The van der Waals surface area contributed by atoms with E-state index >= 15 is 0 Å². The normalized spacial score (nSPS) is 23.1. The summed E-state index contributed by atoms with van der Waals surface area (Å²) in [6.45, 7) is 2.34. The summed E-state index contributed by atoms with van der Waals surface area (Å²) in [5, 5.41) is 3.07. The molecule has 1 fully saturated rings. The Morgan fingerprint density at radius 2 is 2.41 bits per heavy atom. The molecule has 5 nitrogen and oxygen atoms in total. The predicted molar refractivity (Wildman–Crippen MR) is 62.4 cm³/mol. The maximum absolute atomic E-state index is 11.6. The summed E-state index contributed by atoms with van der Waals surface area (Å²) >= 11 is 5.77. The molecule has 0 saturated carbocycles. The van der Waals surface area contributed by atoms with Gasteiger partial charge in [0, 0.05) is 31.7 Å². The van der Waals surface area contributed by atoms with Crippen LogP contribution in [0.3, 0.4) is 0 Å². The smallest absolute Gasteiger partial charge is 0.267 e. The molecule has 1 saturated heterocycles. The lowest BCUT2D eigenvalue weighted by atomic mass is 10.1. The second kappa shape index (κ2) is 4.00. The molecule has 0 aromatic carbocycles. The third kappa shape index (κ3) is 1.86. The van der Waals surface area contributed by atoms with E-state index in [4.69, 9.17) is 11.6 Å². The molecule has 1 amide bonds. The quantitative estimate of drug-likeness (QED) is 0.740. The van der Waals surface area contributed by atoms with Gasteiger partial charge in [0.2, 0.25) is 5.28 Å². The third-order valence-corrected chi connectivity index (χ3v) is 3.23. The molecule has 1 unspecified atom stereocenters. The minimum atomic E-state index is -0.00102. The number of halogens is 1. The number of fused-ring (bicyclic) bond motifs is 1. The molecule has 1 aromatic rings. The van der Waals surface area contributed by atoms with Crippen molar-refractivity contribution >= 4 is 17.5 Å². The second-order valence-corrected chi connectivity index (χ2v) is 4.45. The first kappa shape index (κ1) is 10.5. The van der Waals surface area contributed by atoms with Crippen LogP contribution in [0.15, 0.2) is 24.0 Å². The molecular formula is C11H11ClN4O.